The van der Waals surface area contributed by atoms with Crippen LogP contribution in [0, 0.1) is 5.41 Å². The highest BCUT2D eigenvalue weighted by Crippen LogP contribution is 2.40. The Bertz CT molecular complexity index is 431. The van der Waals surface area contributed by atoms with Gasteiger partial charge >= 0.3 is 5.97 Å². The average Bonchev–Trinajstić information content (AvgIpc) is 2.66. The molecule has 0 aliphatic heterocycles. The van der Waals surface area contributed by atoms with Gasteiger partial charge in [0.25, 0.3) is 0 Å². The van der Waals surface area contributed by atoms with Crippen LogP contribution in [0.3, 0.4) is 0 Å². The highest BCUT2D eigenvalue weighted by atomic mass is 16.5. The van der Waals surface area contributed by atoms with Crippen molar-refractivity contribution in [3.8, 4) is 5.75 Å². The van der Waals surface area contributed by atoms with Crippen LogP contribution in [0.25, 0.3) is 0 Å². The lowest BCUT2D eigenvalue weighted by molar-refractivity contribution is -0.149. The SMILES string of the molecule is COc1ccccc1CC1(C(=O)O)CCCCCC1. The zero-order valence-electron chi connectivity index (χ0n) is 11.5. The fraction of sp³-hybridized carbons (Fsp3) is 0.562. The lowest BCUT2D eigenvalue weighted by Crippen LogP contribution is -2.33. The summed E-state index contributed by atoms with van der Waals surface area (Å²) < 4.78 is 5.35. The molecule has 1 fully saturated rings. The molecule has 0 spiro atoms. The van der Waals surface area contributed by atoms with Crippen LogP contribution in [0.5, 0.6) is 5.75 Å². The molecule has 0 saturated heterocycles. The number of aliphatic carboxylic acids is 1. The third-order valence-electron chi connectivity index (χ3n) is 4.24. The fourth-order valence-electron chi connectivity index (χ4n) is 3.09. The van der Waals surface area contributed by atoms with Gasteiger partial charge in [-0.3, -0.25) is 4.79 Å². The van der Waals surface area contributed by atoms with E-state index in [2.05, 4.69) is 0 Å². The molecule has 0 aromatic heterocycles. The zero-order chi connectivity index (χ0) is 13.7. The van der Waals surface area contributed by atoms with E-state index in [4.69, 9.17) is 4.74 Å². The summed E-state index contributed by atoms with van der Waals surface area (Å²) in [6.45, 7) is 0. The number of ether oxygens (including phenoxy) is 1. The third-order valence-corrected chi connectivity index (χ3v) is 4.24. The molecular weight excluding hydrogens is 240 g/mol. The predicted molar refractivity (Wildman–Crippen MR) is 74.5 cm³/mol. The van der Waals surface area contributed by atoms with E-state index in [-0.39, 0.29) is 0 Å². The molecule has 104 valence electrons. The molecule has 0 unspecified atom stereocenters. The Morgan fingerprint density at radius 3 is 2.42 bits per heavy atom. The first kappa shape index (κ1) is 13.9. The number of carboxylic acid groups (broad SMARTS) is 1. The molecule has 0 bridgehead atoms. The van der Waals surface area contributed by atoms with Crippen LogP contribution in [0.2, 0.25) is 0 Å². The predicted octanol–water partition coefficient (Wildman–Crippen LogP) is 3.66. The second-order valence-corrected chi connectivity index (χ2v) is 5.49. The van der Waals surface area contributed by atoms with Gasteiger partial charge < -0.3 is 9.84 Å². The standard InChI is InChI=1S/C16H22O3/c1-19-14-9-5-4-8-13(14)12-16(15(17)18)10-6-2-3-7-11-16/h4-5,8-9H,2-3,6-7,10-12H2,1H3,(H,17,18). The number of benzene rings is 1. The van der Waals surface area contributed by atoms with Gasteiger partial charge in [-0.2, -0.15) is 0 Å². The van der Waals surface area contributed by atoms with Crippen molar-refractivity contribution in [1.29, 1.82) is 0 Å². The molecule has 1 aromatic carbocycles. The largest absolute Gasteiger partial charge is 0.496 e. The van der Waals surface area contributed by atoms with E-state index in [1.807, 2.05) is 24.3 Å². The maximum Gasteiger partial charge on any atom is 0.309 e. The molecule has 1 aliphatic rings. The van der Waals surface area contributed by atoms with Crippen molar-refractivity contribution < 1.29 is 14.6 Å². The van der Waals surface area contributed by atoms with Crippen molar-refractivity contribution in [2.24, 2.45) is 5.41 Å². The first-order chi connectivity index (χ1) is 9.18. The molecule has 3 heteroatoms. The Hall–Kier alpha value is -1.51. The summed E-state index contributed by atoms with van der Waals surface area (Å²) in [5.74, 6) is 0.146. The van der Waals surface area contributed by atoms with Gasteiger partial charge in [0.05, 0.1) is 12.5 Å². The molecule has 19 heavy (non-hydrogen) atoms. The number of hydrogen-bond acceptors (Lipinski definition) is 2. The number of rotatable bonds is 4. The lowest BCUT2D eigenvalue weighted by Gasteiger charge is -2.28. The summed E-state index contributed by atoms with van der Waals surface area (Å²) >= 11 is 0. The van der Waals surface area contributed by atoms with Crippen LogP contribution in [0.4, 0.5) is 0 Å². The second kappa shape index (κ2) is 6.09. The molecule has 2 rings (SSSR count). The summed E-state index contributed by atoms with van der Waals surface area (Å²) in [5.41, 5.74) is 0.403. The van der Waals surface area contributed by atoms with Crippen LogP contribution >= 0.6 is 0 Å². The van der Waals surface area contributed by atoms with Crippen LogP contribution in [0.1, 0.15) is 44.1 Å². The smallest absolute Gasteiger partial charge is 0.309 e. The molecule has 0 heterocycles. The summed E-state index contributed by atoms with van der Waals surface area (Å²) in [4.78, 5) is 11.8. The minimum Gasteiger partial charge on any atom is -0.496 e. The summed E-state index contributed by atoms with van der Waals surface area (Å²) in [7, 11) is 1.64. The monoisotopic (exact) mass is 262 g/mol. The number of para-hydroxylation sites is 1. The summed E-state index contributed by atoms with van der Waals surface area (Å²) in [5, 5.41) is 9.70. The van der Waals surface area contributed by atoms with E-state index >= 15 is 0 Å². The van der Waals surface area contributed by atoms with E-state index < -0.39 is 11.4 Å². The third kappa shape index (κ3) is 3.09. The first-order valence-corrected chi connectivity index (χ1v) is 7.03. The van der Waals surface area contributed by atoms with E-state index in [1.54, 1.807) is 7.11 Å². The Labute approximate surface area is 114 Å². The molecular formula is C16H22O3. The van der Waals surface area contributed by atoms with Crippen molar-refractivity contribution in [1.82, 2.24) is 0 Å². The molecule has 3 nitrogen and oxygen atoms in total. The zero-order valence-corrected chi connectivity index (χ0v) is 11.5. The van der Waals surface area contributed by atoms with E-state index in [9.17, 15) is 9.90 Å². The second-order valence-electron chi connectivity index (χ2n) is 5.49. The Morgan fingerprint density at radius 2 is 1.84 bits per heavy atom. The molecule has 0 radical (unpaired) electrons. The van der Waals surface area contributed by atoms with Gasteiger partial charge in [-0.15, -0.1) is 0 Å². The Morgan fingerprint density at radius 1 is 1.21 bits per heavy atom. The van der Waals surface area contributed by atoms with Crippen LogP contribution in [-0.4, -0.2) is 18.2 Å². The van der Waals surface area contributed by atoms with Crippen molar-refractivity contribution >= 4 is 5.97 Å². The quantitative estimate of drug-likeness (QED) is 0.842. The van der Waals surface area contributed by atoms with Crippen LogP contribution < -0.4 is 4.74 Å². The molecule has 1 N–H and O–H groups in total. The molecule has 1 aromatic rings. The van der Waals surface area contributed by atoms with Crippen LogP contribution in [-0.2, 0) is 11.2 Å². The maximum atomic E-state index is 11.8. The Balaban J connectivity index is 2.27. The number of carbonyl (C=O) groups is 1. The average molecular weight is 262 g/mol. The minimum atomic E-state index is -0.652. The van der Waals surface area contributed by atoms with Crippen molar-refractivity contribution in [2.45, 2.75) is 44.9 Å². The molecule has 1 aliphatic carbocycles. The van der Waals surface area contributed by atoms with E-state index in [0.717, 1.165) is 49.8 Å². The normalized spacial score (nSPS) is 18.6. The first-order valence-electron chi connectivity index (χ1n) is 7.03. The van der Waals surface area contributed by atoms with Gasteiger partial charge in [0.15, 0.2) is 0 Å². The highest BCUT2D eigenvalue weighted by molar-refractivity contribution is 5.75. The number of hydrogen-bond donors (Lipinski definition) is 1. The van der Waals surface area contributed by atoms with Gasteiger partial charge in [0.2, 0.25) is 0 Å². The van der Waals surface area contributed by atoms with Gasteiger partial charge in [-0.25, -0.2) is 0 Å². The lowest BCUT2D eigenvalue weighted by atomic mass is 9.75. The van der Waals surface area contributed by atoms with E-state index in [0.29, 0.717) is 6.42 Å². The van der Waals surface area contributed by atoms with Gasteiger partial charge in [-0.1, -0.05) is 43.9 Å². The van der Waals surface area contributed by atoms with Gasteiger partial charge in [-0.05, 0) is 30.9 Å². The highest BCUT2D eigenvalue weighted by Gasteiger charge is 2.39. The summed E-state index contributed by atoms with van der Waals surface area (Å²) in [6, 6.07) is 7.75. The summed E-state index contributed by atoms with van der Waals surface area (Å²) in [6.07, 6.45) is 6.47. The number of carboxylic acids is 1. The molecule has 0 amide bonds. The number of methoxy groups -OCH3 is 1. The topological polar surface area (TPSA) is 46.5 Å². The fourth-order valence-corrected chi connectivity index (χ4v) is 3.09. The van der Waals surface area contributed by atoms with Gasteiger partial charge in [0, 0.05) is 0 Å². The van der Waals surface area contributed by atoms with Crippen molar-refractivity contribution in [3.63, 3.8) is 0 Å². The molecule has 1 saturated carbocycles. The Kier molecular flexibility index (Phi) is 4.46. The van der Waals surface area contributed by atoms with Crippen LogP contribution in [0.15, 0.2) is 24.3 Å². The minimum absolute atomic E-state index is 0.576. The molecule has 0 atom stereocenters. The van der Waals surface area contributed by atoms with Crippen molar-refractivity contribution in [3.05, 3.63) is 29.8 Å². The van der Waals surface area contributed by atoms with E-state index in [1.165, 1.54) is 0 Å². The van der Waals surface area contributed by atoms with Gasteiger partial charge in [0.1, 0.15) is 5.75 Å². The maximum absolute atomic E-state index is 11.8. The van der Waals surface area contributed by atoms with Crippen molar-refractivity contribution in [2.75, 3.05) is 7.11 Å².